The predicted octanol–water partition coefficient (Wildman–Crippen LogP) is -0.261. The summed E-state index contributed by atoms with van der Waals surface area (Å²) >= 11 is 0. The van der Waals surface area contributed by atoms with Crippen LogP contribution in [0.15, 0.2) is 17.1 Å². The summed E-state index contributed by atoms with van der Waals surface area (Å²) in [6, 6.07) is 1.56. The lowest BCUT2D eigenvalue weighted by atomic mass is 10.5. The number of aryl methyl sites for hydroxylation is 1. The summed E-state index contributed by atoms with van der Waals surface area (Å²) in [7, 11) is 1.59. The molecule has 1 aromatic rings. The van der Waals surface area contributed by atoms with Crippen molar-refractivity contribution in [3.63, 3.8) is 0 Å². The summed E-state index contributed by atoms with van der Waals surface area (Å²) in [5.74, 6) is 0.0429. The number of rotatable bonds is 1. The number of nitrogens with one attached hydrogen (secondary N) is 1. The first kappa shape index (κ1) is 8.45. The second kappa shape index (κ2) is 3.17. The molecule has 1 heterocycles. The topological polar surface area (TPSA) is 64.0 Å². The molecule has 0 spiro atoms. The van der Waals surface area contributed by atoms with Crippen LogP contribution in [0.2, 0.25) is 0 Å². The van der Waals surface area contributed by atoms with Crippen molar-refractivity contribution < 1.29 is 4.79 Å². The van der Waals surface area contributed by atoms with E-state index >= 15 is 0 Å². The third-order valence-corrected chi connectivity index (χ3v) is 1.28. The average molecular weight is 167 g/mol. The fourth-order valence-electron chi connectivity index (χ4n) is 0.715. The molecule has 0 bridgehead atoms. The molecule has 64 valence electrons. The highest BCUT2D eigenvalue weighted by atomic mass is 16.2. The van der Waals surface area contributed by atoms with E-state index in [9.17, 15) is 9.59 Å². The van der Waals surface area contributed by atoms with E-state index in [1.54, 1.807) is 19.3 Å². The van der Waals surface area contributed by atoms with Crippen LogP contribution in [-0.4, -0.2) is 15.5 Å². The van der Waals surface area contributed by atoms with Crippen molar-refractivity contribution in [2.45, 2.75) is 6.92 Å². The molecule has 0 saturated heterocycles. The lowest BCUT2D eigenvalue weighted by Crippen LogP contribution is -2.21. The van der Waals surface area contributed by atoms with Gasteiger partial charge < -0.3 is 9.88 Å². The predicted molar refractivity (Wildman–Crippen MR) is 43.8 cm³/mol. The van der Waals surface area contributed by atoms with Crippen LogP contribution in [0.3, 0.4) is 0 Å². The van der Waals surface area contributed by atoms with E-state index in [0.29, 0.717) is 0 Å². The molecule has 0 aliphatic rings. The average Bonchev–Trinajstić information content (AvgIpc) is 1.96. The molecule has 5 nitrogen and oxygen atoms in total. The van der Waals surface area contributed by atoms with Crippen LogP contribution in [-0.2, 0) is 11.8 Å². The van der Waals surface area contributed by atoms with E-state index in [1.807, 2.05) is 0 Å². The summed E-state index contributed by atoms with van der Waals surface area (Å²) in [4.78, 5) is 25.1. The van der Waals surface area contributed by atoms with Crippen molar-refractivity contribution in [3.8, 4) is 0 Å². The van der Waals surface area contributed by atoms with Crippen LogP contribution in [0, 0.1) is 0 Å². The highest BCUT2D eigenvalue weighted by Crippen LogP contribution is 1.95. The maximum absolute atomic E-state index is 10.9. The maximum atomic E-state index is 10.9. The molecular weight excluding hydrogens is 158 g/mol. The van der Waals surface area contributed by atoms with Crippen LogP contribution >= 0.6 is 0 Å². The van der Waals surface area contributed by atoms with Gasteiger partial charge in [0.1, 0.15) is 5.82 Å². The molecular formula is C7H9N3O2. The molecule has 0 aliphatic heterocycles. The van der Waals surface area contributed by atoms with Crippen LogP contribution < -0.4 is 11.0 Å². The van der Waals surface area contributed by atoms with Gasteiger partial charge in [-0.2, -0.15) is 4.98 Å². The summed E-state index contributed by atoms with van der Waals surface area (Å²) in [5.41, 5.74) is -0.388. The number of hydrogen-bond acceptors (Lipinski definition) is 3. The number of aromatic nitrogens is 2. The van der Waals surface area contributed by atoms with Crippen molar-refractivity contribution in [2.24, 2.45) is 7.05 Å². The van der Waals surface area contributed by atoms with E-state index in [-0.39, 0.29) is 17.4 Å². The highest BCUT2D eigenvalue weighted by molar-refractivity contribution is 5.87. The maximum Gasteiger partial charge on any atom is 0.349 e. The zero-order valence-electron chi connectivity index (χ0n) is 6.87. The van der Waals surface area contributed by atoms with Gasteiger partial charge in [-0.25, -0.2) is 4.79 Å². The van der Waals surface area contributed by atoms with Gasteiger partial charge in [-0.05, 0) is 6.07 Å². The number of carbonyl (C=O) groups is 1. The van der Waals surface area contributed by atoms with Gasteiger partial charge in [-0.3, -0.25) is 4.79 Å². The summed E-state index contributed by atoms with van der Waals surface area (Å²) in [6.45, 7) is 1.36. The zero-order chi connectivity index (χ0) is 9.14. The number of anilines is 1. The van der Waals surface area contributed by atoms with E-state index in [2.05, 4.69) is 10.3 Å². The van der Waals surface area contributed by atoms with Crippen LogP contribution in [0.25, 0.3) is 0 Å². The first-order valence-electron chi connectivity index (χ1n) is 3.41. The Hall–Kier alpha value is -1.65. The van der Waals surface area contributed by atoms with Gasteiger partial charge in [0.25, 0.3) is 0 Å². The Morgan fingerprint density at radius 3 is 2.83 bits per heavy atom. The molecule has 1 N–H and O–H groups in total. The van der Waals surface area contributed by atoms with Crippen molar-refractivity contribution in [3.05, 3.63) is 22.7 Å². The molecule has 0 aromatic carbocycles. The lowest BCUT2D eigenvalue weighted by Gasteiger charge is -2.00. The molecule has 0 radical (unpaired) electrons. The minimum Gasteiger partial charge on any atom is -0.311 e. The second-order valence-electron chi connectivity index (χ2n) is 2.39. The first-order chi connectivity index (χ1) is 5.59. The van der Waals surface area contributed by atoms with E-state index in [0.717, 1.165) is 0 Å². The molecule has 5 heteroatoms. The molecule has 0 saturated carbocycles. The first-order valence-corrected chi connectivity index (χ1v) is 3.41. The van der Waals surface area contributed by atoms with Crippen molar-refractivity contribution in [1.29, 1.82) is 0 Å². The summed E-state index contributed by atoms with van der Waals surface area (Å²) in [5, 5.41) is 2.41. The Bertz CT molecular complexity index is 356. The number of hydrogen-bond donors (Lipinski definition) is 1. The van der Waals surface area contributed by atoms with Crippen molar-refractivity contribution in [2.75, 3.05) is 5.32 Å². The molecule has 0 aliphatic carbocycles. The van der Waals surface area contributed by atoms with Crippen LogP contribution in [0.5, 0.6) is 0 Å². The molecule has 1 aromatic heterocycles. The third kappa shape index (κ3) is 1.91. The standard InChI is InChI=1S/C7H9N3O2/c1-5(11)8-6-3-4-10(2)7(12)9-6/h3-4H,1-2H3,(H,8,9,11,12). The Kier molecular flexibility index (Phi) is 2.23. The minimum absolute atomic E-state index is 0.240. The quantitative estimate of drug-likeness (QED) is 0.626. The monoisotopic (exact) mass is 167 g/mol. The molecule has 0 fully saturated rings. The highest BCUT2D eigenvalue weighted by Gasteiger charge is 1.97. The van der Waals surface area contributed by atoms with Gasteiger partial charge in [0, 0.05) is 20.2 Å². The van der Waals surface area contributed by atoms with Gasteiger partial charge >= 0.3 is 5.69 Å². The lowest BCUT2D eigenvalue weighted by molar-refractivity contribution is -0.114. The SMILES string of the molecule is CC(=O)Nc1ccn(C)c(=O)n1. The minimum atomic E-state index is -0.388. The Balaban J connectivity index is 2.97. The van der Waals surface area contributed by atoms with E-state index in [1.165, 1.54) is 11.5 Å². The Morgan fingerprint density at radius 1 is 1.67 bits per heavy atom. The van der Waals surface area contributed by atoms with E-state index in [4.69, 9.17) is 0 Å². The largest absolute Gasteiger partial charge is 0.349 e. The van der Waals surface area contributed by atoms with Gasteiger partial charge in [0.05, 0.1) is 0 Å². The van der Waals surface area contributed by atoms with Gasteiger partial charge in [0.2, 0.25) is 5.91 Å². The molecule has 0 atom stereocenters. The van der Waals surface area contributed by atoms with E-state index < -0.39 is 0 Å². The summed E-state index contributed by atoms with van der Waals surface area (Å²) in [6.07, 6.45) is 1.54. The third-order valence-electron chi connectivity index (χ3n) is 1.28. The van der Waals surface area contributed by atoms with Gasteiger partial charge in [-0.1, -0.05) is 0 Å². The second-order valence-corrected chi connectivity index (χ2v) is 2.39. The van der Waals surface area contributed by atoms with Gasteiger partial charge in [0.15, 0.2) is 0 Å². The Labute approximate surface area is 69.0 Å². The van der Waals surface area contributed by atoms with Crippen LogP contribution in [0.1, 0.15) is 6.92 Å². The molecule has 1 amide bonds. The van der Waals surface area contributed by atoms with Crippen molar-refractivity contribution in [1.82, 2.24) is 9.55 Å². The zero-order valence-corrected chi connectivity index (χ0v) is 6.87. The smallest absolute Gasteiger partial charge is 0.311 e. The Morgan fingerprint density at radius 2 is 2.33 bits per heavy atom. The number of nitrogens with zero attached hydrogens (tertiary/aromatic N) is 2. The molecule has 0 unspecified atom stereocenters. The molecule has 12 heavy (non-hydrogen) atoms. The van der Waals surface area contributed by atoms with Crippen LogP contribution in [0.4, 0.5) is 5.82 Å². The summed E-state index contributed by atoms with van der Waals surface area (Å²) < 4.78 is 1.32. The fraction of sp³-hybridized carbons (Fsp3) is 0.286. The number of carbonyl (C=O) groups excluding carboxylic acids is 1. The number of amides is 1. The fourth-order valence-corrected chi connectivity index (χ4v) is 0.715. The van der Waals surface area contributed by atoms with Crippen molar-refractivity contribution >= 4 is 11.7 Å². The van der Waals surface area contributed by atoms with Gasteiger partial charge in [-0.15, -0.1) is 0 Å². The normalized spacial score (nSPS) is 9.50. The molecule has 1 rings (SSSR count).